The van der Waals surface area contributed by atoms with Gasteiger partial charge in [-0.15, -0.1) is 0 Å². The summed E-state index contributed by atoms with van der Waals surface area (Å²) in [4.78, 5) is 4.85. The standard InChI is InChI=1S/C15H33N3/c1-7-16-14-11-12(2)10-13(3)15(14)18(6)9-8-17(4)5/h12-16H,7-11H2,1-6H3. The van der Waals surface area contributed by atoms with Crippen LogP contribution in [0.2, 0.25) is 0 Å². The van der Waals surface area contributed by atoms with E-state index in [-0.39, 0.29) is 0 Å². The van der Waals surface area contributed by atoms with Gasteiger partial charge in [0.2, 0.25) is 0 Å². The molecule has 3 heteroatoms. The largest absolute Gasteiger partial charge is 0.313 e. The van der Waals surface area contributed by atoms with E-state index < -0.39 is 0 Å². The second-order valence-electron chi connectivity index (χ2n) is 6.49. The summed E-state index contributed by atoms with van der Waals surface area (Å²) in [5, 5.41) is 3.71. The Kier molecular flexibility index (Phi) is 6.61. The summed E-state index contributed by atoms with van der Waals surface area (Å²) in [5.74, 6) is 1.66. The molecule has 0 spiro atoms. The minimum absolute atomic E-state index is 0.668. The van der Waals surface area contributed by atoms with Crippen molar-refractivity contribution >= 4 is 0 Å². The lowest BCUT2D eigenvalue weighted by Crippen LogP contribution is -2.56. The van der Waals surface area contributed by atoms with E-state index in [1.54, 1.807) is 0 Å². The predicted molar refractivity (Wildman–Crippen MR) is 80.0 cm³/mol. The minimum Gasteiger partial charge on any atom is -0.313 e. The molecule has 3 nitrogen and oxygen atoms in total. The van der Waals surface area contributed by atoms with Gasteiger partial charge in [-0.25, -0.2) is 0 Å². The number of nitrogens with zero attached hydrogens (tertiary/aromatic N) is 2. The van der Waals surface area contributed by atoms with Gasteiger partial charge < -0.3 is 15.1 Å². The molecule has 108 valence electrons. The summed E-state index contributed by atoms with van der Waals surface area (Å²) in [5.41, 5.74) is 0. The predicted octanol–water partition coefficient (Wildman–Crippen LogP) is 1.89. The second kappa shape index (κ2) is 7.46. The zero-order valence-corrected chi connectivity index (χ0v) is 13.2. The van der Waals surface area contributed by atoms with Gasteiger partial charge in [-0.2, -0.15) is 0 Å². The van der Waals surface area contributed by atoms with Gasteiger partial charge in [-0.05, 0) is 52.4 Å². The quantitative estimate of drug-likeness (QED) is 0.782. The van der Waals surface area contributed by atoms with Gasteiger partial charge in [0, 0.05) is 25.2 Å². The first-order chi connectivity index (χ1) is 8.45. The fraction of sp³-hybridized carbons (Fsp3) is 1.00. The van der Waals surface area contributed by atoms with Crippen molar-refractivity contribution in [3.8, 4) is 0 Å². The highest BCUT2D eigenvalue weighted by molar-refractivity contribution is 4.93. The average Bonchev–Trinajstić information content (AvgIpc) is 2.25. The van der Waals surface area contributed by atoms with Gasteiger partial charge in [-0.3, -0.25) is 0 Å². The molecule has 1 fully saturated rings. The summed E-state index contributed by atoms with van der Waals surface area (Å²) < 4.78 is 0. The lowest BCUT2D eigenvalue weighted by atomic mass is 9.76. The molecule has 0 aromatic carbocycles. The zero-order chi connectivity index (χ0) is 13.7. The van der Waals surface area contributed by atoms with Gasteiger partial charge in [0.1, 0.15) is 0 Å². The molecule has 1 N–H and O–H groups in total. The number of hydrogen-bond donors (Lipinski definition) is 1. The molecule has 0 amide bonds. The Balaban J connectivity index is 2.61. The zero-order valence-electron chi connectivity index (χ0n) is 13.2. The number of rotatable bonds is 6. The average molecular weight is 255 g/mol. The van der Waals surface area contributed by atoms with E-state index in [0.29, 0.717) is 12.1 Å². The van der Waals surface area contributed by atoms with E-state index in [2.05, 4.69) is 57.0 Å². The van der Waals surface area contributed by atoms with E-state index in [0.717, 1.165) is 31.5 Å². The van der Waals surface area contributed by atoms with Gasteiger partial charge in [-0.1, -0.05) is 20.8 Å². The van der Waals surface area contributed by atoms with E-state index in [4.69, 9.17) is 0 Å². The van der Waals surface area contributed by atoms with Gasteiger partial charge >= 0.3 is 0 Å². The van der Waals surface area contributed by atoms with E-state index in [1.165, 1.54) is 12.8 Å². The highest BCUT2D eigenvalue weighted by Gasteiger charge is 2.35. The smallest absolute Gasteiger partial charge is 0.0272 e. The van der Waals surface area contributed by atoms with Crippen molar-refractivity contribution in [2.75, 3.05) is 40.8 Å². The fourth-order valence-corrected chi connectivity index (χ4v) is 3.55. The van der Waals surface area contributed by atoms with Crippen LogP contribution < -0.4 is 5.32 Å². The van der Waals surface area contributed by atoms with Crippen LogP contribution in [0.3, 0.4) is 0 Å². The summed E-state index contributed by atoms with van der Waals surface area (Å²) in [7, 11) is 6.61. The molecule has 0 saturated heterocycles. The number of likely N-dealkylation sites (N-methyl/N-ethyl adjacent to an activating group) is 3. The molecular weight excluding hydrogens is 222 g/mol. The van der Waals surface area contributed by atoms with Crippen molar-refractivity contribution in [2.24, 2.45) is 11.8 Å². The molecule has 0 aliphatic heterocycles. The molecule has 4 unspecified atom stereocenters. The Labute approximate surface area is 114 Å². The van der Waals surface area contributed by atoms with Crippen LogP contribution in [-0.2, 0) is 0 Å². The third-order valence-electron chi connectivity index (χ3n) is 4.30. The first-order valence-corrected chi connectivity index (χ1v) is 7.54. The molecule has 1 aliphatic rings. The first-order valence-electron chi connectivity index (χ1n) is 7.54. The van der Waals surface area contributed by atoms with E-state index in [1.807, 2.05) is 0 Å². The number of nitrogens with one attached hydrogen (secondary N) is 1. The molecule has 0 aromatic rings. The van der Waals surface area contributed by atoms with Crippen molar-refractivity contribution in [3.05, 3.63) is 0 Å². The monoisotopic (exact) mass is 255 g/mol. The Bertz CT molecular complexity index is 230. The maximum atomic E-state index is 3.71. The Morgan fingerprint density at radius 1 is 1.06 bits per heavy atom. The van der Waals surface area contributed by atoms with Crippen LogP contribution in [0.5, 0.6) is 0 Å². The summed E-state index contributed by atoms with van der Waals surface area (Å²) in [6, 6.07) is 1.36. The van der Waals surface area contributed by atoms with Crippen LogP contribution in [0.1, 0.15) is 33.6 Å². The second-order valence-corrected chi connectivity index (χ2v) is 6.49. The van der Waals surface area contributed by atoms with Crippen LogP contribution >= 0.6 is 0 Å². The first kappa shape index (κ1) is 15.9. The van der Waals surface area contributed by atoms with Crippen LogP contribution in [0.25, 0.3) is 0 Å². The highest BCUT2D eigenvalue weighted by Crippen LogP contribution is 2.31. The van der Waals surface area contributed by atoms with Crippen LogP contribution in [0.15, 0.2) is 0 Å². The lowest BCUT2D eigenvalue weighted by Gasteiger charge is -2.45. The van der Waals surface area contributed by atoms with Crippen molar-refractivity contribution in [2.45, 2.75) is 45.7 Å². The summed E-state index contributed by atoms with van der Waals surface area (Å²) in [6.45, 7) is 10.4. The van der Waals surface area contributed by atoms with E-state index in [9.17, 15) is 0 Å². The highest BCUT2D eigenvalue weighted by atomic mass is 15.2. The van der Waals surface area contributed by atoms with Crippen LogP contribution in [0.4, 0.5) is 0 Å². The van der Waals surface area contributed by atoms with Crippen LogP contribution in [0, 0.1) is 11.8 Å². The lowest BCUT2D eigenvalue weighted by molar-refractivity contribution is 0.0765. The molecule has 18 heavy (non-hydrogen) atoms. The maximum Gasteiger partial charge on any atom is 0.0272 e. The third kappa shape index (κ3) is 4.52. The Morgan fingerprint density at radius 3 is 2.28 bits per heavy atom. The molecule has 1 saturated carbocycles. The summed E-state index contributed by atoms with van der Waals surface area (Å²) in [6.07, 6.45) is 2.70. The summed E-state index contributed by atoms with van der Waals surface area (Å²) >= 11 is 0. The van der Waals surface area contributed by atoms with E-state index >= 15 is 0 Å². The minimum atomic E-state index is 0.668. The maximum absolute atomic E-state index is 3.71. The topological polar surface area (TPSA) is 18.5 Å². The molecule has 0 radical (unpaired) electrons. The number of hydrogen-bond acceptors (Lipinski definition) is 3. The van der Waals surface area contributed by atoms with Crippen molar-refractivity contribution in [1.82, 2.24) is 15.1 Å². The van der Waals surface area contributed by atoms with Crippen molar-refractivity contribution in [3.63, 3.8) is 0 Å². The molecule has 1 aliphatic carbocycles. The molecule has 4 atom stereocenters. The van der Waals surface area contributed by atoms with Crippen molar-refractivity contribution < 1.29 is 0 Å². The molecule has 1 rings (SSSR count). The van der Waals surface area contributed by atoms with Crippen LogP contribution in [-0.4, -0.2) is 62.7 Å². The molecule has 0 aromatic heterocycles. The fourth-order valence-electron chi connectivity index (χ4n) is 3.55. The van der Waals surface area contributed by atoms with Gasteiger partial charge in [0.05, 0.1) is 0 Å². The van der Waals surface area contributed by atoms with Gasteiger partial charge in [0.15, 0.2) is 0 Å². The third-order valence-corrected chi connectivity index (χ3v) is 4.30. The van der Waals surface area contributed by atoms with Gasteiger partial charge in [0.25, 0.3) is 0 Å². The normalized spacial score (nSPS) is 33.3. The Hall–Kier alpha value is -0.120. The molecular formula is C15H33N3. The Morgan fingerprint density at radius 2 is 1.72 bits per heavy atom. The van der Waals surface area contributed by atoms with Crippen molar-refractivity contribution in [1.29, 1.82) is 0 Å². The SMILES string of the molecule is CCNC1CC(C)CC(C)C1N(C)CCN(C)C. The molecule has 0 heterocycles. The molecule has 0 bridgehead atoms.